The van der Waals surface area contributed by atoms with E-state index in [0.717, 1.165) is 23.5 Å². The molecule has 1 unspecified atom stereocenters. The molecule has 2 heterocycles. The first-order valence-electron chi connectivity index (χ1n) is 7.57. The highest BCUT2D eigenvalue weighted by atomic mass is 35.5. The molecule has 114 valence electrons. The monoisotopic (exact) mass is 323 g/mol. The predicted octanol–water partition coefficient (Wildman–Crippen LogP) is 4.72. The van der Waals surface area contributed by atoms with Gasteiger partial charge < -0.3 is 4.57 Å². The van der Waals surface area contributed by atoms with Crippen molar-refractivity contribution in [1.29, 1.82) is 0 Å². The van der Waals surface area contributed by atoms with Crippen molar-refractivity contribution in [2.45, 2.75) is 56.2 Å². The molecule has 0 N–H and O–H groups in total. The van der Waals surface area contributed by atoms with E-state index in [1.54, 1.807) is 0 Å². The van der Waals surface area contributed by atoms with Gasteiger partial charge in [0.15, 0.2) is 5.65 Å². The Balaban J connectivity index is 2.11. The zero-order valence-electron chi connectivity index (χ0n) is 12.9. The van der Waals surface area contributed by atoms with Crippen molar-refractivity contribution in [3.63, 3.8) is 0 Å². The fourth-order valence-electron chi connectivity index (χ4n) is 3.35. The Kier molecular flexibility index (Phi) is 4.19. The van der Waals surface area contributed by atoms with Crippen molar-refractivity contribution in [2.24, 2.45) is 0 Å². The number of pyridine rings is 1. The molecule has 0 bridgehead atoms. The lowest BCUT2D eigenvalue weighted by Gasteiger charge is -2.28. The molecule has 3 rings (SSSR count). The number of nitrogens with zero attached hydrogens (tertiary/aromatic N) is 3. The minimum atomic E-state index is -0.0982. The maximum atomic E-state index is 6.39. The maximum absolute atomic E-state index is 6.39. The van der Waals surface area contributed by atoms with Crippen LogP contribution in [0.4, 0.5) is 0 Å². The fourth-order valence-corrected chi connectivity index (χ4v) is 4.47. The second-order valence-electron chi connectivity index (χ2n) is 6.07. The van der Waals surface area contributed by atoms with Crippen molar-refractivity contribution in [3.05, 3.63) is 23.7 Å². The van der Waals surface area contributed by atoms with E-state index in [0.29, 0.717) is 4.75 Å². The summed E-state index contributed by atoms with van der Waals surface area (Å²) in [5.74, 6) is 0.953. The van der Waals surface area contributed by atoms with Crippen molar-refractivity contribution >= 4 is 34.5 Å². The molecule has 1 fully saturated rings. The van der Waals surface area contributed by atoms with Gasteiger partial charge in [-0.2, -0.15) is 11.8 Å². The summed E-state index contributed by atoms with van der Waals surface area (Å²) in [7, 11) is 0. The quantitative estimate of drug-likeness (QED) is 0.763. The van der Waals surface area contributed by atoms with Crippen LogP contribution >= 0.6 is 23.4 Å². The van der Waals surface area contributed by atoms with Crippen LogP contribution in [0.25, 0.3) is 11.2 Å². The number of imidazole rings is 1. The van der Waals surface area contributed by atoms with Crippen LogP contribution in [0.1, 0.15) is 49.4 Å². The summed E-state index contributed by atoms with van der Waals surface area (Å²) < 4.78 is 2.58. The van der Waals surface area contributed by atoms with E-state index in [4.69, 9.17) is 16.6 Å². The first-order valence-corrected chi connectivity index (χ1v) is 9.23. The molecule has 1 saturated carbocycles. The Hall–Kier alpha value is -0.740. The fraction of sp³-hybridized carbons (Fsp3) is 0.625. The predicted molar refractivity (Wildman–Crippen MR) is 91.2 cm³/mol. The molecule has 1 atom stereocenters. The molecule has 1 aliphatic carbocycles. The zero-order chi connectivity index (χ0) is 15.0. The molecular formula is C16H22ClN3S. The van der Waals surface area contributed by atoms with E-state index >= 15 is 0 Å². The highest BCUT2D eigenvalue weighted by Crippen LogP contribution is 2.42. The smallest absolute Gasteiger partial charge is 0.160 e. The summed E-state index contributed by atoms with van der Waals surface area (Å²) in [6.07, 6.45) is 9.30. The van der Waals surface area contributed by atoms with E-state index in [1.165, 1.54) is 31.2 Å². The third-order valence-corrected chi connectivity index (χ3v) is 6.21. The van der Waals surface area contributed by atoms with Gasteiger partial charge in [0.25, 0.3) is 0 Å². The Bertz CT molecular complexity index is 644. The van der Waals surface area contributed by atoms with E-state index in [2.05, 4.69) is 22.7 Å². The second-order valence-corrected chi connectivity index (χ2v) is 8.00. The molecule has 0 aromatic carbocycles. The van der Waals surface area contributed by atoms with E-state index in [1.807, 2.05) is 30.9 Å². The molecule has 3 nitrogen and oxygen atoms in total. The standard InChI is InChI=1S/C16H22ClN3S/c1-11-6-9-18-15-13(11)19-14(12(2)17)20(15)10-16(21-3)7-4-5-8-16/h6,9,12H,4-5,7-8,10H2,1-3H3. The summed E-state index contributed by atoms with van der Waals surface area (Å²) in [5.41, 5.74) is 3.15. The van der Waals surface area contributed by atoms with Gasteiger partial charge in [-0.25, -0.2) is 9.97 Å². The first kappa shape index (κ1) is 15.2. The van der Waals surface area contributed by atoms with Gasteiger partial charge in [-0.3, -0.25) is 0 Å². The van der Waals surface area contributed by atoms with Crippen molar-refractivity contribution in [1.82, 2.24) is 14.5 Å². The molecule has 0 spiro atoms. The number of thioether (sulfide) groups is 1. The van der Waals surface area contributed by atoms with Crippen LogP contribution in [0.5, 0.6) is 0 Å². The summed E-state index contributed by atoms with van der Waals surface area (Å²) in [6, 6.07) is 2.02. The zero-order valence-corrected chi connectivity index (χ0v) is 14.5. The molecule has 0 saturated heterocycles. The minimum absolute atomic E-state index is 0.0982. The Morgan fingerprint density at radius 2 is 2.14 bits per heavy atom. The van der Waals surface area contributed by atoms with Gasteiger partial charge in [-0.1, -0.05) is 12.8 Å². The average molecular weight is 324 g/mol. The van der Waals surface area contributed by atoms with Gasteiger partial charge >= 0.3 is 0 Å². The number of aromatic nitrogens is 3. The van der Waals surface area contributed by atoms with Gasteiger partial charge in [-0.15, -0.1) is 11.6 Å². The van der Waals surface area contributed by atoms with Crippen LogP contribution in [0.3, 0.4) is 0 Å². The molecule has 2 aromatic rings. The number of alkyl halides is 1. The Morgan fingerprint density at radius 3 is 2.76 bits per heavy atom. The molecular weight excluding hydrogens is 302 g/mol. The Morgan fingerprint density at radius 1 is 1.43 bits per heavy atom. The average Bonchev–Trinajstić information content (AvgIpc) is 3.06. The summed E-state index contributed by atoms with van der Waals surface area (Å²) in [5, 5.41) is -0.0982. The summed E-state index contributed by atoms with van der Waals surface area (Å²) >= 11 is 8.38. The third kappa shape index (κ3) is 2.68. The van der Waals surface area contributed by atoms with E-state index in [9.17, 15) is 0 Å². The molecule has 5 heteroatoms. The number of halogens is 1. The second kappa shape index (κ2) is 5.81. The number of hydrogen-bond acceptors (Lipinski definition) is 3. The molecule has 2 aromatic heterocycles. The molecule has 0 aliphatic heterocycles. The van der Waals surface area contributed by atoms with Crippen molar-refractivity contribution in [2.75, 3.05) is 6.26 Å². The molecule has 0 radical (unpaired) electrons. The largest absolute Gasteiger partial charge is 0.310 e. The first-order chi connectivity index (χ1) is 10.1. The molecule has 0 amide bonds. The van der Waals surface area contributed by atoms with E-state index in [-0.39, 0.29) is 5.38 Å². The van der Waals surface area contributed by atoms with Crippen LogP contribution < -0.4 is 0 Å². The molecule has 21 heavy (non-hydrogen) atoms. The van der Waals surface area contributed by atoms with Gasteiger partial charge in [0.1, 0.15) is 11.3 Å². The third-order valence-electron chi connectivity index (χ3n) is 4.62. The number of aryl methyl sites for hydroxylation is 1. The lowest BCUT2D eigenvalue weighted by molar-refractivity contribution is 0.499. The SMILES string of the molecule is CSC1(Cn2c(C(C)Cl)nc3c(C)ccnc32)CCCC1. The number of rotatable bonds is 4. The maximum Gasteiger partial charge on any atom is 0.160 e. The Labute approximate surface area is 135 Å². The van der Waals surface area contributed by atoms with E-state index < -0.39 is 0 Å². The van der Waals surface area contributed by atoms with Crippen LogP contribution in [0.15, 0.2) is 12.3 Å². The van der Waals surface area contributed by atoms with Crippen molar-refractivity contribution < 1.29 is 0 Å². The van der Waals surface area contributed by atoms with Gasteiger partial charge in [0.2, 0.25) is 0 Å². The van der Waals surface area contributed by atoms with Crippen molar-refractivity contribution in [3.8, 4) is 0 Å². The van der Waals surface area contributed by atoms with Crippen LogP contribution in [-0.2, 0) is 6.54 Å². The van der Waals surface area contributed by atoms with Crippen LogP contribution in [0.2, 0.25) is 0 Å². The minimum Gasteiger partial charge on any atom is -0.310 e. The van der Waals surface area contributed by atoms with Gasteiger partial charge in [0, 0.05) is 17.5 Å². The topological polar surface area (TPSA) is 30.7 Å². The van der Waals surface area contributed by atoms with Crippen LogP contribution in [-0.4, -0.2) is 25.5 Å². The number of fused-ring (bicyclic) bond motifs is 1. The molecule has 1 aliphatic rings. The summed E-state index contributed by atoms with van der Waals surface area (Å²) in [6.45, 7) is 5.05. The highest BCUT2D eigenvalue weighted by Gasteiger charge is 2.35. The lowest BCUT2D eigenvalue weighted by atomic mass is 10.1. The lowest BCUT2D eigenvalue weighted by Crippen LogP contribution is -2.28. The van der Waals surface area contributed by atoms with Gasteiger partial charge in [-0.05, 0) is 44.6 Å². The normalized spacial score (nSPS) is 19.2. The van der Waals surface area contributed by atoms with Crippen LogP contribution in [0, 0.1) is 6.92 Å². The highest BCUT2D eigenvalue weighted by molar-refractivity contribution is 8.00. The van der Waals surface area contributed by atoms with Gasteiger partial charge in [0.05, 0.1) is 5.38 Å². The number of hydrogen-bond donors (Lipinski definition) is 0. The summed E-state index contributed by atoms with van der Waals surface area (Å²) in [4.78, 5) is 9.36.